The molecule has 4 N–H and O–H groups in total. The van der Waals surface area contributed by atoms with Gasteiger partial charge in [0.15, 0.2) is 6.29 Å². The van der Waals surface area contributed by atoms with Crippen LogP contribution in [0.15, 0.2) is 66.9 Å². The van der Waals surface area contributed by atoms with E-state index in [2.05, 4.69) is 10.3 Å². The topological polar surface area (TPSA) is 101 Å². The zero-order valence-corrected chi connectivity index (χ0v) is 18.2. The Morgan fingerprint density at radius 1 is 1.19 bits per heavy atom. The summed E-state index contributed by atoms with van der Waals surface area (Å²) in [6, 6.07) is 19.0. The number of ether oxygens (including phenoxy) is 1. The third kappa shape index (κ3) is 5.14. The number of carbonyl (C=O) groups is 1. The number of anilines is 1. The summed E-state index contributed by atoms with van der Waals surface area (Å²) >= 11 is 1.52. The van der Waals surface area contributed by atoms with Gasteiger partial charge in [-0.3, -0.25) is 15.2 Å². The maximum Gasteiger partial charge on any atom is 0.153 e. The summed E-state index contributed by atoms with van der Waals surface area (Å²) in [5.74, 6) is 0.345. The first kappa shape index (κ1) is 22.1. The van der Waals surface area contributed by atoms with Crippen LogP contribution in [0.1, 0.15) is 26.5 Å². The lowest BCUT2D eigenvalue weighted by Crippen LogP contribution is -2.08. The Labute approximate surface area is 185 Å². The molecular weight excluding hydrogens is 408 g/mol. The molecule has 0 radical (unpaired) electrons. The van der Waals surface area contributed by atoms with Gasteiger partial charge in [-0.05, 0) is 48.8 Å². The SMILES string of the molecule is CNCc1ccccn1.COc1c(C=O)ccc(N)c1C(=N)c1cc2ccccc2s1. The van der Waals surface area contributed by atoms with Crippen LogP contribution in [0.2, 0.25) is 0 Å². The molecule has 6 nitrogen and oxygen atoms in total. The van der Waals surface area contributed by atoms with Crippen molar-refractivity contribution in [1.29, 1.82) is 5.41 Å². The van der Waals surface area contributed by atoms with Gasteiger partial charge in [-0.25, -0.2) is 0 Å². The average molecular weight is 433 g/mol. The molecule has 0 bridgehead atoms. The molecule has 0 spiro atoms. The minimum atomic E-state index is 0.263. The lowest BCUT2D eigenvalue weighted by molar-refractivity contribution is 0.112. The van der Waals surface area contributed by atoms with E-state index < -0.39 is 0 Å². The number of aromatic nitrogens is 1. The predicted molar refractivity (Wildman–Crippen MR) is 128 cm³/mol. The number of nitrogens with zero attached hydrogens (tertiary/aromatic N) is 1. The summed E-state index contributed by atoms with van der Waals surface area (Å²) in [5.41, 5.74) is 8.63. The van der Waals surface area contributed by atoms with Crippen LogP contribution >= 0.6 is 11.3 Å². The fraction of sp³-hybridized carbons (Fsp3) is 0.125. The molecule has 0 atom stereocenters. The van der Waals surface area contributed by atoms with Crippen molar-refractivity contribution < 1.29 is 9.53 Å². The van der Waals surface area contributed by atoms with Crippen molar-refractivity contribution in [2.75, 3.05) is 19.9 Å². The Balaban J connectivity index is 0.000000254. The largest absolute Gasteiger partial charge is 0.495 e. The number of aldehydes is 1. The molecule has 31 heavy (non-hydrogen) atoms. The molecule has 0 aliphatic heterocycles. The number of nitrogen functional groups attached to an aromatic ring is 1. The fourth-order valence-electron chi connectivity index (χ4n) is 3.10. The standard InChI is InChI=1S/C17H14N2O2S.C7H10N2/c1-21-17-11(9-20)6-7-12(18)15(17)16(19)14-8-10-4-2-3-5-13(10)22-14;1-8-6-7-4-2-3-5-9-7/h2-9,19H,18H2,1H3;2-5,8H,6H2,1H3. The van der Waals surface area contributed by atoms with Crippen LogP contribution in [0.4, 0.5) is 5.69 Å². The van der Waals surface area contributed by atoms with Crippen molar-refractivity contribution in [2.45, 2.75) is 6.54 Å². The first-order valence-corrected chi connectivity index (χ1v) is 10.4. The first-order chi connectivity index (χ1) is 15.1. The minimum absolute atomic E-state index is 0.263. The Kier molecular flexibility index (Phi) is 7.48. The quantitative estimate of drug-likeness (QED) is 0.236. The monoisotopic (exact) mass is 432 g/mol. The Morgan fingerprint density at radius 3 is 2.61 bits per heavy atom. The van der Waals surface area contributed by atoms with Crippen molar-refractivity contribution in [2.24, 2.45) is 0 Å². The van der Waals surface area contributed by atoms with Gasteiger partial charge < -0.3 is 15.8 Å². The molecule has 0 aliphatic rings. The van der Waals surface area contributed by atoms with Crippen LogP contribution in [0.3, 0.4) is 0 Å². The van der Waals surface area contributed by atoms with Crippen LogP contribution in [-0.2, 0) is 6.54 Å². The summed E-state index contributed by atoms with van der Waals surface area (Å²) in [7, 11) is 3.39. The molecule has 0 fully saturated rings. The van der Waals surface area contributed by atoms with Gasteiger partial charge in [-0.15, -0.1) is 11.3 Å². The number of hydrogen-bond acceptors (Lipinski definition) is 7. The van der Waals surface area contributed by atoms with Crippen molar-refractivity contribution >= 4 is 39.1 Å². The normalized spacial score (nSPS) is 10.3. The summed E-state index contributed by atoms with van der Waals surface area (Å²) in [4.78, 5) is 16.1. The number of pyridine rings is 1. The van der Waals surface area contributed by atoms with Gasteiger partial charge in [0.2, 0.25) is 0 Å². The Hall–Kier alpha value is -3.55. The van der Waals surface area contributed by atoms with E-state index in [0.717, 1.165) is 27.2 Å². The molecule has 0 unspecified atom stereocenters. The predicted octanol–water partition coefficient (Wildman–Crippen LogP) is 4.52. The number of methoxy groups -OCH3 is 1. The van der Waals surface area contributed by atoms with Crippen molar-refractivity contribution in [3.63, 3.8) is 0 Å². The van der Waals surface area contributed by atoms with Crippen LogP contribution in [0.5, 0.6) is 5.75 Å². The average Bonchev–Trinajstić information content (AvgIpc) is 3.24. The second-order valence-electron chi connectivity index (χ2n) is 6.64. The zero-order chi connectivity index (χ0) is 22.2. The van der Waals surface area contributed by atoms with Gasteiger partial charge in [-0.2, -0.15) is 0 Å². The van der Waals surface area contributed by atoms with Crippen molar-refractivity contribution in [1.82, 2.24) is 10.3 Å². The van der Waals surface area contributed by atoms with Crippen molar-refractivity contribution in [3.05, 3.63) is 88.6 Å². The zero-order valence-electron chi connectivity index (χ0n) is 17.4. The maximum absolute atomic E-state index is 11.2. The van der Waals surface area contributed by atoms with Crippen molar-refractivity contribution in [3.8, 4) is 5.75 Å². The first-order valence-electron chi connectivity index (χ1n) is 9.63. The number of nitrogens with one attached hydrogen (secondary N) is 2. The lowest BCUT2D eigenvalue weighted by atomic mass is 10.0. The molecule has 2 aromatic carbocycles. The highest BCUT2D eigenvalue weighted by Gasteiger charge is 2.19. The highest BCUT2D eigenvalue weighted by Crippen LogP contribution is 2.34. The third-order valence-electron chi connectivity index (χ3n) is 4.56. The molecule has 0 aliphatic carbocycles. The highest BCUT2D eigenvalue weighted by molar-refractivity contribution is 7.21. The van der Waals surface area contributed by atoms with E-state index in [1.165, 1.54) is 18.4 Å². The molecule has 4 rings (SSSR count). The molecule has 0 saturated heterocycles. The molecule has 158 valence electrons. The number of fused-ring (bicyclic) bond motifs is 1. The Morgan fingerprint density at radius 2 is 1.97 bits per heavy atom. The van der Waals surface area contributed by atoms with Gasteiger partial charge in [-0.1, -0.05) is 24.3 Å². The number of thiophene rings is 1. The van der Waals surface area contributed by atoms with Crippen LogP contribution in [0.25, 0.3) is 10.1 Å². The van der Waals surface area contributed by atoms with Crippen LogP contribution < -0.4 is 15.8 Å². The van der Waals surface area contributed by atoms with Gasteiger partial charge in [0.05, 0.1) is 34.5 Å². The van der Waals surface area contributed by atoms with E-state index in [9.17, 15) is 4.79 Å². The molecule has 7 heteroatoms. The summed E-state index contributed by atoms with van der Waals surface area (Å²) < 4.78 is 6.42. The van der Waals surface area contributed by atoms with E-state index in [1.807, 2.05) is 55.6 Å². The van der Waals surface area contributed by atoms with Gasteiger partial charge in [0, 0.05) is 23.1 Å². The van der Waals surface area contributed by atoms with Gasteiger partial charge >= 0.3 is 0 Å². The number of carbonyl (C=O) groups excluding carboxylic acids is 1. The number of benzene rings is 2. The lowest BCUT2D eigenvalue weighted by Gasteiger charge is -2.13. The molecule has 2 aromatic heterocycles. The van der Waals surface area contributed by atoms with Crippen LogP contribution in [-0.4, -0.2) is 31.1 Å². The number of rotatable bonds is 6. The van der Waals surface area contributed by atoms with E-state index >= 15 is 0 Å². The summed E-state index contributed by atoms with van der Waals surface area (Å²) in [6.45, 7) is 0.848. The van der Waals surface area contributed by atoms with E-state index in [4.69, 9.17) is 15.9 Å². The molecule has 0 saturated carbocycles. The van der Waals surface area contributed by atoms with Gasteiger partial charge in [0.25, 0.3) is 0 Å². The fourth-order valence-corrected chi connectivity index (χ4v) is 4.12. The second kappa shape index (κ2) is 10.5. The molecule has 4 aromatic rings. The number of nitrogens with two attached hydrogens (primary N) is 1. The molecule has 2 heterocycles. The summed E-state index contributed by atoms with van der Waals surface area (Å²) in [6.07, 6.45) is 2.51. The maximum atomic E-state index is 11.2. The molecular formula is C24H24N4O2S. The van der Waals surface area contributed by atoms with E-state index in [1.54, 1.807) is 18.3 Å². The highest BCUT2D eigenvalue weighted by atomic mass is 32.1. The van der Waals surface area contributed by atoms with E-state index in [0.29, 0.717) is 28.8 Å². The smallest absolute Gasteiger partial charge is 0.153 e. The number of hydrogen-bond donors (Lipinski definition) is 3. The van der Waals surface area contributed by atoms with E-state index in [-0.39, 0.29) is 5.71 Å². The second-order valence-corrected chi connectivity index (χ2v) is 7.73. The third-order valence-corrected chi connectivity index (χ3v) is 5.69. The summed E-state index contributed by atoms with van der Waals surface area (Å²) in [5, 5.41) is 12.6. The molecule has 0 amide bonds. The van der Waals surface area contributed by atoms with Crippen LogP contribution in [0, 0.1) is 5.41 Å². The van der Waals surface area contributed by atoms with Gasteiger partial charge in [0.1, 0.15) is 5.75 Å². The Bertz CT molecular complexity index is 1160. The minimum Gasteiger partial charge on any atom is -0.495 e.